The Morgan fingerprint density at radius 3 is 2.29 bits per heavy atom. The molecule has 2 atom stereocenters. The van der Waals surface area contributed by atoms with Crippen molar-refractivity contribution in [2.24, 2.45) is 0 Å². The number of amides is 1. The first-order valence-corrected chi connectivity index (χ1v) is 6.38. The van der Waals surface area contributed by atoms with Crippen LogP contribution in [0.25, 0.3) is 0 Å². The molecule has 0 heterocycles. The van der Waals surface area contributed by atoms with E-state index in [1.54, 1.807) is 17.0 Å². The van der Waals surface area contributed by atoms with Gasteiger partial charge in [-0.15, -0.1) is 9.24 Å². The lowest BCUT2D eigenvalue weighted by Gasteiger charge is -2.21. The molecular formula is C12H19BNO2P. The zero-order valence-electron chi connectivity index (χ0n) is 10.8. The molecule has 17 heavy (non-hydrogen) atoms. The van der Waals surface area contributed by atoms with Gasteiger partial charge in [-0.25, -0.2) is 0 Å². The van der Waals surface area contributed by atoms with Crippen LogP contribution in [0.5, 0.6) is 5.75 Å². The van der Waals surface area contributed by atoms with E-state index in [1.807, 2.05) is 40.9 Å². The number of hydrogen-bond donors (Lipinski definition) is 0. The van der Waals surface area contributed by atoms with E-state index < -0.39 is 0 Å². The first-order chi connectivity index (χ1) is 7.91. The zero-order valence-corrected chi connectivity index (χ0v) is 12.0. The van der Waals surface area contributed by atoms with E-state index >= 15 is 0 Å². The zero-order chi connectivity index (χ0) is 13.0. The molecule has 0 radical (unpaired) electrons. The van der Waals surface area contributed by atoms with Crippen LogP contribution in [0.3, 0.4) is 0 Å². The summed E-state index contributed by atoms with van der Waals surface area (Å²) in [5.74, 6) is 0.872. The van der Waals surface area contributed by atoms with Crippen molar-refractivity contribution in [1.82, 2.24) is 4.90 Å². The number of nitrogens with zero attached hydrogens (tertiary/aromatic N) is 1. The number of carbonyl (C=O) groups is 1. The van der Waals surface area contributed by atoms with E-state index in [0.717, 1.165) is 5.75 Å². The average Bonchev–Trinajstić information content (AvgIpc) is 2.27. The highest BCUT2D eigenvalue weighted by molar-refractivity contribution is 7.20. The normalized spacial score (nSPS) is 12.3. The number of hydrogen-bond acceptors (Lipinski definition) is 2. The standard InChI is InChI=1S/C12H19BNO2P/c1-8(2)14(3)11(15)9-4-6-10(7-5-9)16-12(13)17/h4-8,12H,13,17H2,1-3H3. The van der Waals surface area contributed by atoms with Crippen LogP contribution >= 0.6 is 9.24 Å². The third kappa shape index (κ3) is 4.05. The Kier molecular flexibility index (Phi) is 5.01. The van der Waals surface area contributed by atoms with Crippen molar-refractivity contribution < 1.29 is 9.53 Å². The van der Waals surface area contributed by atoms with E-state index in [0.29, 0.717) is 5.56 Å². The lowest BCUT2D eigenvalue weighted by molar-refractivity contribution is 0.0755. The third-order valence-electron chi connectivity index (χ3n) is 2.52. The predicted octanol–water partition coefficient (Wildman–Crippen LogP) is 1.34. The first kappa shape index (κ1) is 14.0. The quantitative estimate of drug-likeness (QED) is 0.597. The van der Waals surface area contributed by atoms with E-state index in [1.165, 1.54) is 0 Å². The molecule has 92 valence electrons. The summed E-state index contributed by atoms with van der Waals surface area (Å²) in [4.78, 5) is 13.7. The van der Waals surface area contributed by atoms with Crippen LogP contribution in [0.1, 0.15) is 24.2 Å². The summed E-state index contributed by atoms with van der Waals surface area (Å²) in [6, 6.07) is 7.43. The van der Waals surface area contributed by atoms with Gasteiger partial charge in [0.05, 0.1) is 5.74 Å². The molecule has 0 spiro atoms. The van der Waals surface area contributed by atoms with Crippen molar-refractivity contribution in [2.45, 2.75) is 25.6 Å². The number of carbonyl (C=O) groups excluding carboxylic acids is 1. The molecule has 5 heteroatoms. The summed E-state index contributed by atoms with van der Waals surface area (Å²) in [6.45, 7) is 3.98. The van der Waals surface area contributed by atoms with Gasteiger partial charge < -0.3 is 9.64 Å². The molecule has 0 fully saturated rings. The van der Waals surface area contributed by atoms with E-state index in [9.17, 15) is 4.79 Å². The van der Waals surface area contributed by atoms with Crippen LogP contribution in [0.15, 0.2) is 24.3 Å². The van der Waals surface area contributed by atoms with Crippen LogP contribution in [-0.4, -0.2) is 37.5 Å². The molecule has 2 unspecified atom stereocenters. The van der Waals surface area contributed by atoms with Crippen LogP contribution in [0.4, 0.5) is 0 Å². The highest BCUT2D eigenvalue weighted by Crippen LogP contribution is 2.16. The minimum absolute atomic E-state index is 0.0328. The summed E-state index contributed by atoms with van der Waals surface area (Å²) in [6.07, 6.45) is 0. The van der Waals surface area contributed by atoms with Gasteiger partial charge in [-0.1, -0.05) is 0 Å². The highest BCUT2D eigenvalue weighted by Gasteiger charge is 2.14. The molecule has 0 bridgehead atoms. The first-order valence-electron chi connectivity index (χ1n) is 5.71. The molecule has 0 aliphatic rings. The van der Waals surface area contributed by atoms with Gasteiger partial charge in [0.25, 0.3) is 5.91 Å². The van der Waals surface area contributed by atoms with Gasteiger partial charge in [-0.3, -0.25) is 4.79 Å². The minimum Gasteiger partial charge on any atom is -0.496 e. The SMILES string of the molecule is BC(P)Oc1ccc(C(=O)N(C)C(C)C)cc1. The molecule has 1 aromatic rings. The fraction of sp³-hybridized carbons (Fsp3) is 0.417. The summed E-state index contributed by atoms with van der Waals surface area (Å²) in [7, 11) is 6.32. The maximum absolute atomic E-state index is 12.0. The topological polar surface area (TPSA) is 29.5 Å². The van der Waals surface area contributed by atoms with Gasteiger partial charge in [0.2, 0.25) is 0 Å². The molecule has 1 rings (SSSR count). The average molecular weight is 251 g/mol. The fourth-order valence-electron chi connectivity index (χ4n) is 1.33. The molecule has 0 saturated heterocycles. The number of rotatable bonds is 4. The van der Waals surface area contributed by atoms with Crippen LogP contribution in [0, 0.1) is 0 Å². The second kappa shape index (κ2) is 6.06. The Morgan fingerprint density at radius 1 is 1.35 bits per heavy atom. The predicted molar refractivity (Wildman–Crippen MR) is 76.3 cm³/mol. The van der Waals surface area contributed by atoms with Gasteiger partial charge >= 0.3 is 0 Å². The van der Waals surface area contributed by atoms with Crippen molar-refractivity contribution in [3.63, 3.8) is 0 Å². The second-order valence-electron chi connectivity index (χ2n) is 4.36. The van der Waals surface area contributed by atoms with Gasteiger partial charge in [-0.2, -0.15) is 0 Å². The lowest BCUT2D eigenvalue weighted by Crippen LogP contribution is -2.32. The van der Waals surface area contributed by atoms with Gasteiger partial charge in [-0.05, 0) is 38.1 Å². The van der Waals surface area contributed by atoms with Crippen molar-refractivity contribution in [1.29, 1.82) is 0 Å². The highest BCUT2D eigenvalue weighted by atomic mass is 31.0. The van der Waals surface area contributed by atoms with Crippen molar-refractivity contribution in [3.05, 3.63) is 29.8 Å². The van der Waals surface area contributed by atoms with Crippen molar-refractivity contribution >= 4 is 23.0 Å². The van der Waals surface area contributed by atoms with Crippen molar-refractivity contribution in [2.75, 3.05) is 7.05 Å². The van der Waals surface area contributed by atoms with Gasteiger partial charge in [0.15, 0.2) is 7.85 Å². The molecule has 0 N–H and O–H groups in total. The summed E-state index contributed by atoms with van der Waals surface area (Å²) < 4.78 is 5.49. The van der Waals surface area contributed by atoms with Crippen LogP contribution in [0.2, 0.25) is 0 Å². The second-order valence-corrected chi connectivity index (χ2v) is 5.30. The Bertz CT molecular complexity index is 379. The Hall–Kier alpha value is -1.02. The van der Waals surface area contributed by atoms with E-state index in [2.05, 4.69) is 9.24 Å². The largest absolute Gasteiger partial charge is 0.496 e. The van der Waals surface area contributed by atoms with E-state index in [4.69, 9.17) is 4.74 Å². The monoisotopic (exact) mass is 251 g/mol. The Balaban J connectivity index is 2.77. The molecule has 3 nitrogen and oxygen atoms in total. The summed E-state index contributed by atoms with van der Waals surface area (Å²) >= 11 is 0. The smallest absolute Gasteiger partial charge is 0.253 e. The summed E-state index contributed by atoms with van der Waals surface area (Å²) in [5.41, 5.74) is 0.685. The van der Waals surface area contributed by atoms with E-state index in [-0.39, 0.29) is 17.7 Å². The molecule has 0 aliphatic carbocycles. The molecule has 0 aromatic heterocycles. The molecule has 0 saturated carbocycles. The van der Waals surface area contributed by atoms with Crippen molar-refractivity contribution in [3.8, 4) is 5.75 Å². The maximum atomic E-state index is 12.0. The van der Waals surface area contributed by atoms with Crippen LogP contribution < -0.4 is 4.74 Å². The third-order valence-corrected chi connectivity index (χ3v) is 2.65. The minimum atomic E-state index is 0.0328. The maximum Gasteiger partial charge on any atom is 0.253 e. The number of ether oxygens (including phenoxy) is 1. The Morgan fingerprint density at radius 2 is 1.88 bits per heavy atom. The summed E-state index contributed by atoms with van der Waals surface area (Å²) in [5, 5.41) is 0. The number of benzene rings is 1. The van der Waals surface area contributed by atoms with Crippen LogP contribution in [-0.2, 0) is 0 Å². The van der Waals surface area contributed by atoms with Gasteiger partial charge in [0, 0.05) is 18.7 Å². The molecule has 0 aliphatic heterocycles. The molecule has 1 aromatic carbocycles. The fourth-order valence-corrected chi connectivity index (χ4v) is 1.49. The molecule has 1 amide bonds. The van der Waals surface area contributed by atoms with Gasteiger partial charge in [0.1, 0.15) is 5.75 Å². The lowest BCUT2D eigenvalue weighted by atomic mass is 10.1. The Labute approximate surface area is 106 Å². The molecular weight excluding hydrogens is 232 g/mol.